The van der Waals surface area contributed by atoms with Crippen molar-refractivity contribution in [2.45, 2.75) is 32.4 Å². The second kappa shape index (κ2) is 8.69. The van der Waals surface area contributed by atoms with Crippen LogP contribution in [0.5, 0.6) is 0 Å². The Morgan fingerprint density at radius 2 is 1.96 bits per heavy atom. The molecule has 0 saturated heterocycles. The summed E-state index contributed by atoms with van der Waals surface area (Å²) in [7, 11) is 1.99. The highest BCUT2D eigenvalue weighted by atomic mass is 32.2. The van der Waals surface area contributed by atoms with Crippen LogP contribution in [-0.2, 0) is 17.6 Å². The van der Waals surface area contributed by atoms with Crippen LogP contribution in [-0.4, -0.2) is 16.2 Å². The summed E-state index contributed by atoms with van der Waals surface area (Å²) in [4.78, 5) is 17.4. The Labute approximate surface area is 162 Å². The summed E-state index contributed by atoms with van der Waals surface area (Å²) in [6.45, 7) is 4.21. The number of thiazole rings is 1. The van der Waals surface area contributed by atoms with Gasteiger partial charge in [-0.1, -0.05) is 47.7 Å². The highest BCUT2D eigenvalue weighted by Crippen LogP contribution is 2.22. The smallest absolute Gasteiger partial charge is 0.248 e. The van der Waals surface area contributed by atoms with Gasteiger partial charge in [0.2, 0.25) is 5.91 Å². The molecule has 0 atom stereocenters. The minimum absolute atomic E-state index is 0.0261. The molecule has 0 aliphatic rings. The summed E-state index contributed by atoms with van der Waals surface area (Å²) >= 11 is 3.46. The molecule has 0 spiro atoms. The summed E-state index contributed by atoms with van der Waals surface area (Å²) in [5.74, 6) is 1.95. The number of thioether (sulfide) groups is 1. The van der Waals surface area contributed by atoms with Crippen LogP contribution in [0.1, 0.15) is 29.5 Å². The molecule has 136 valence electrons. The van der Waals surface area contributed by atoms with Crippen LogP contribution in [0, 0.1) is 13.8 Å². The number of aromatic nitrogens is 1. The van der Waals surface area contributed by atoms with E-state index in [1.54, 1.807) is 11.3 Å². The van der Waals surface area contributed by atoms with Crippen molar-refractivity contribution in [3.8, 4) is 0 Å². The van der Waals surface area contributed by atoms with E-state index in [-0.39, 0.29) is 5.91 Å². The van der Waals surface area contributed by atoms with E-state index < -0.39 is 0 Å². The molecule has 0 unspecified atom stereocenters. The topological polar surface area (TPSA) is 34.4 Å². The van der Waals surface area contributed by atoms with Gasteiger partial charge in [0, 0.05) is 19.2 Å². The molecule has 0 aliphatic carbocycles. The first kappa shape index (κ1) is 18.9. The molecule has 3 nitrogen and oxygen atoms in total. The number of nitrogens with zero attached hydrogens (tertiary/aromatic N) is 2. The van der Waals surface area contributed by atoms with Gasteiger partial charge in [0.05, 0.1) is 10.2 Å². The lowest BCUT2D eigenvalue weighted by molar-refractivity contribution is -0.118. The van der Waals surface area contributed by atoms with E-state index in [4.69, 9.17) is 0 Å². The lowest BCUT2D eigenvalue weighted by Crippen LogP contribution is -2.13. The first-order valence-corrected chi connectivity index (χ1v) is 10.8. The number of carbonyl (C=O) groups is 1. The van der Waals surface area contributed by atoms with Crippen molar-refractivity contribution >= 4 is 39.2 Å². The van der Waals surface area contributed by atoms with Crippen LogP contribution in [0.2, 0.25) is 0 Å². The maximum Gasteiger partial charge on any atom is 0.248 e. The summed E-state index contributed by atoms with van der Waals surface area (Å²) in [5, 5.41) is 0. The average Bonchev–Trinajstić information content (AvgIpc) is 2.91. The zero-order chi connectivity index (χ0) is 18.5. The fourth-order valence-corrected chi connectivity index (χ4v) is 5.17. The third-order valence-corrected chi connectivity index (χ3v) is 6.44. The maximum absolute atomic E-state index is 12.2. The zero-order valence-electron chi connectivity index (χ0n) is 15.5. The van der Waals surface area contributed by atoms with E-state index in [0.717, 1.165) is 22.7 Å². The van der Waals surface area contributed by atoms with Crippen molar-refractivity contribution in [1.29, 1.82) is 0 Å². The molecule has 0 N–H and O–H groups in total. The summed E-state index contributed by atoms with van der Waals surface area (Å²) in [6, 6.07) is 14.8. The van der Waals surface area contributed by atoms with Gasteiger partial charge in [-0.25, -0.2) is 0 Å². The van der Waals surface area contributed by atoms with Crippen LogP contribution in [0.3, 0.4) is 0 Å². The Hall–Kier alpha value is -1.85. The molecule has 26 heavy (non-hydrogen) atoms. The number of aryl methyl sites for hydroxylation is 3. The predicted octanol–water partition coefficient (Wildman–Crippen LogP) is 5.00. The van der Waals surface area contributed by atoms with Crippen molar-refractivity contribution in [2.24, 2.45) is 12.0 Å². The maximum atomic E-state index is 12.2. The Morgan fingerprint density at radius 1 is 1.19 bits per heavy atom. The fourth-order valence-electron chi connectivity index (χ4n) is 3.04. The van der Waals surface area contributed by atoms with Gasteiger partial charge in [0.15, 0.2) is 4.80 Å². The highest BCUT2D eigenvalue weighted by Gasteiger charge is 2.08. The van der Waals surface area contributed by atoms with E-state index in [9.17, 15) is 4.79 Å². The second-order valence-electron chi connectivity index (χ2n) is 6.52. The van der Waals surface area contributed by atoms with Gasteiger partial charge in [-0.2, -0.15) is 16.8 Å². The Kier molecular flexibility index (Phi) is 6.33. The molecule has 0 fully saturated rings. The molecular formula is C21H24N2OS2. The highest BCUT2D eigenvalue weighted by molar-refractivity contribution is 7.98. The largest absolute Gasteiger partial charge is 0.319 e. The minimum Gasteiger partial charge on any atom is -0.319 e. The van der Waals surface area contributed by atoms with Crippen LogP contribution < -0.4 is 4.80 Å². The Morgan fingerprint density at radius 3 is 2.73 bits per heavy atom. The third-order valence-electron chi connectivity index (χ3n) is 4.24. The fraction of sp³-hybridized carbons (Fsp3) is 0.333. The molecule has 1 heterocycles. The van der Waals surface area contributed by atoms with Crippen molar-refractivity contribution in [3.63, 3.8) is 0 Å². The lowest BCUT2D eigenvalue weighted by atomic mass is 10.1. The first-order chi connectivity index (χ1) is 12.5. The number of hydrogen-bond donors (Lipinski definition) is 0. The monoisotopic (exact) mass is 384 g/mol. The number of carbonyl (C=O) groups excluding carboxylic acids is 1. The van der Waals surface area contributed by atoms with Crippen molar-refractivity contribution in [2.75, 3.05) is 5.75 Å². The van der Waals surface area contributed by atoms with E-state index in [2.05, 4.69) is 55.2 Å². The van der Waals surface area contributed by atoms with Crippen LogP contribution >= 0.6 is 23.1 Å². The quantitative estimate of drug-likeness (QED) is 0.561. The van der Waals surface area contributed by atoms with Crippen molar-refractivity contribution < 1.29 is 4.79 Å². The van der Waals surface area contributed by atoms with E-state index in [1.165, 1.54) is 26.9 Å². The van der Waals surface area contributed by atoms with E-state index in [0.29, 0.717) is 6.42 Å². The molecule has 1 aromatic heterocycles. The van der Waals surface area contributed by atoms with Gasteiger partial charge in [-0.15, -0.1) is 0 Å². The van der Waals surface area contributed by atoms with Crippen LogP contribution in [0.25, 0.3) is 10.2 Å². The molecule has 2 aromatic carbocycles. The van der Waals surface area contributed by atoms with Crippen LogP contribution in [0.15, 0.2) is 47.5 Å². The van der Waals surface area contributed by atoms with Gasteiger partial charge >= 0.3 is 0 Å². The van der Waals surface area contributed by atoms with Gasteiger partial charge in [0.25, 0.3) is 0 Å². The first-order valence-electron chi connectivity index (χ1n) is 8.80. The summed E-state index contributed by atoms with van der Waals surface area (Å²) < 4.78 is 3.23. The number of fused-ring (bicyclic) bond motifs is 1. The molecule has 3 aromatic rings. The molecular weight excluding hydrogens is 360 g/mol. The third kappa shape index (κ3) is 4.65. The van der Waals surface area contributed by atoms with Crippen molar-refractivity contribution in [1.82, 2.24) is 4.57 Å². The Bertz CT molecular complexity index is 971. The number of benzene rings is 2. The molecule has 0 radical (unpaired) electrons. The second-order valence-corrected chi connectivity index (χ2v) is 8.63. The number of amides is 1. The number of hydrogen-bond acceptors (Lipinski definition) is 3. The Balaban J connectivity index is 1.58. The minimum atomic E-state index is -0.0261. The average molecular weight is 385 g/mol. The number of rotatable bonds is 6. The normalized spacial score (nSPS) is 12.0. The van der Waals surface area contributed by atoms with E-state index in [1.807, 2.05) is 29.4 Å². The molecule has 5 heteroatoms. The standard InChI is InChI=1S/C21H24N2OS2/c1-15-12-16(2)20-18(13-15)26-21(23(20)3)22-19(24)10-7-11-25-14-17-8-5-4-6-9-17/h4-6,8-9,12-13H,7,10-11,14H2,1-3H3. The van der Waals surface area contributed by atoms with Gasteiger partial charge in [0.1, 0.15) is 0 Å². The molecule has 1 amide bonds. The molecule has 3 rings (SSSR count). The summed E-state index contributed by atoms with van der Waals surface area (Å²) in [5.41, 5.74) is 4.97. The molecule has 0 saturated carbocycles. The molecule has 0 bridgehead atoms. The lowest BCUT2D eigenvalue weighted by Gasteiger charge is -2.02. The van der Waals surface area contributed by atoms with Crippen LogP contribution in [0.4, 0.5) is 0 Å². The van der Waals surface area contributed by atoms with Crippen molar-refractivity contribution in [3.05, 3.63) is 64.0 Å². The molecule has 0 aliphatic heterocycles. The summed E-state index contributed by atoms with van der Waals surface area (Å²) in [6.07, 6.45) is 1.38. The van der Waals surface area contributed by atoms with Gasteiger partial charge in [-0.05, 0) is 48.8 Å². The SMILES string of the molecule is Cc1cc(C)c2c(c1)sc(=NC(=O)CCCSCc1ccccc1)n2C. The van der Waals surface area contributed by atoms with E-state index >= 15 is 0 Å². The predicted molar refractivity (Wildman–Crippen MR) is 113 cm³/mol. The van der Waals surface area contributed by atoms with Gasteiger partial charge in [-0.3, -0.25) is 4.79 Å². The zero-order valence-corrected chi connectivity index (χ0v) is 17.1. The van der Waals surface area contributed by atoms with Gasteiger partial charge < -0.3 is 4.57 Å².